The van der Waals surface area contributed by atoms with Crippen molar-refractivity contribution in [2.75, 3.05) is 0 Å². The van der Waals surface area contributed by atoms with Gasteiger partial charge in [-0.1, -0.05) is 18.1 Å². The first kappa shape index (κ1) is 9.95. The fraction of sp³-hybridized carbons (Fsp3) is 0.769. The Bertz CT molecular complexity index is 300. The van der Waals surface area contributed by atoms with Crippen molar-refractivity contribution in [2.45, 2.75) is 52.9 Å². The van der Waals surface area contributed by atoms with Crippen molar-refractivity contribution in [2.24, 2.45) is 11.3 Å². The van der Waals surface area contributed by atoms with Gasteiger partial charge in [0.05, 0.1) is 0 Å². The zero-order chi connectivity index (χ0) is 10.3. The van der Waals surface area contributed by atoms with Crippen LogP contribution in [-0.2, 0) is 4.79 Å². The van der Waals surface area contributed by atoms with Gasteiger partial charge in [-0.3, -0.25) is 4.79 Å². The van der Waals surface area contributed by atoms with Gasteiger partial charge in [0, 0.05) is 11.8 Å². The number of carbonyl (C=O) groups is 1. The van der Waals surface area contributed by atoms with Crippen LogP contribution in [0.2, 0.25) is 0 Å². The highest BCUT2D eigenvalue weighted by atomic mass is 16.1. The summed E-state index contributed by atoms with van der Waals surface area (Å²) < 4.78 is 0. The average Bonchev–Trinajstić information content (AvgIpc) is 2.11. The number of fused-ring (bicyclic) bond motifs is 1. The lowest BCUT2D eigenvalue weighted by Crippen LogP contribution is -2.41. The maximum absolute atomic E-state index is 12.0. The van der Waals surface area contributed by atoms with Crippen LogP contribution in [0.15, 0.2) is 11.1 Å². The lowest BCUT2D eigenvalue weighted by molar-refractivity contribution is -0.134. The molecule has 0 amide bonds. The minimum absolute atomic E-state index is 0.0121. The summed E-state index contributed by atoms with van der Waals surface area (Å²) in [5.74, 6) is 1.15. The number of Topliss-reactive ketones (excluding diaryl/α,β-unsaturated/α-hetero) is 1. The van der Waals surface area contributed by atoms with Gasteiger partial charge in [-0.05, 0) is 45.4 Å². The number of carbonyl (C=O) groups excluding carboxylic acids is 1. The van der Waals surface area contributed by atoms with Crippen LogP contribution >= 0.6 is 0 Å². The van der Waals surface area contributed by atoms with Crippen LogP contribution in [0.4, 0.5) is 0 Å². The molecule has 0 heterocycles. The van der Waals surface area contributed by atoms with Gasteiger partial charge < -0.3 is 0 Å². The molecule has 78 valence electrons. The first-order valence-electron chi connectivity index (χ1n) is 5.72. The molecule has 0 spiro atoms. The lowest BCUT2D eigenvalue weighted by Gasteiger charge is -2.44. The topological polar surface area (TPSA) is 17.1 Å². The Kier molecular flexibility index (Phi) is 2.29. The molecule has 14 heavy (non-hydrogen) atoms. The fourth-order valence-corrected chi connectivity index (χ4v) is 3.16. The third kappa shape index (κ3) is 1.34. The highest BCUT2D eigenvalue weighted by Crippen LogP contribution is 2.49. The predicted octanol–water partition coefficient (Wildman–Crippen LogP) is 3.49. The minimum atomic E-state index is -0.0121. The van der Waals surface area contributed by atoms with Crippen molar-refractivity contribution < 1.29 is 4.79 Å². The Hall–Kier alpha value is -0.590. The second-order valence-corrected chi connectivity index (χ2v) is 5.37. The van der Waals surface area contributed by atoms with Crippen molar-refractivity contribution in [3.8, 4) is 0 Å². The molecule has 1 heteroatoms. The smallest absolute Gasteiger partial charge is 0.139 e. The standard InChI is InChI=1S/C13H20O/c1-9-7-11-5-4-6-12(14)13(11,3)8-10(9)2/h11H,4-8H2,1-3H3. The molecule has 2 atom stereocenters. The van der Waals surface area contributed by atoms with Crippen molar-refractivity contribution in [1.29, 1.82) is 0 Å². The second kappa shape index (κ2) is 3.22. The molecule has 0 aromatic carbocycles. The molecule has 0 aliphatic heterocycles. The van der Waals surface area contributed by atoms with Gasteiger partial charge in [-0.2, -0.15) is 0 Å². The summed E-state index contributed by atoms with van der Waals surface area (Å²) >= 11 is 0. The zero-order valence-electron chi connectivity index (χ0n) is 9.52. The summed E-state index contributed by atoms with van der Waals surface area (Å²) in [5, 5.41) is 0. The second-order valence-electron chi connectivity index (χ2n) is 5.37. The highest BCUT2D eigenvalue weighted by Gasteiger charge is 2.45. The monoisotopic (exact) mass is 192 g/mol. The maximum atomic E-state index is 12.0. The number of hydrogen-bond donors (Lipinski definition) is 0. The van der Waals surface area contributed by atoms with E-state index in [1.165, 1.54) is 17.6 Å². The molecule has 2 aliphatic carbocycles. The van der Waals surface area contributed by atoms with Gasteiger partial charge in [0.25, 0.3) is 0 Å². The van der Waals surface area contributed by atoms with E-state index in [1.807, 2.05) is 0 Å². The largest absolute Gasteiger partial charge is 0.299 e. The molecule has 2 unspecified atom stereocenters. The van der Waals surface area contributed by atoms with E-state index in [2.05, 4.69) is 20.8 Å². The van der Waals surface area contributed by atoms with E-state index < -0.39 is 0 Å². The summed E-state index contributed by atoms with van der Waals surface area (Å²) in [5.41, 5.74) is 2.98. The number of ketones is 1. The Balaban J connectivity index is 2.33. The molecule has 0 bridgehead atoms. The zero-order valence-corrected chi connectivity index (χ0v) is 9.52. The summed E-state index contributed by atoms with van der Waals surface area (Å²) in [6.07, 6.45) is 5.37. The SMILES string of the molecule is CC1=C(C)CC2(C)C(=O)CCCC2C1. The Morgan fingerprint density at radius 2 is 2.00 bits per heavy atom. The van der Waals surface area contributed by atoms with Crippen molar-refractivity contribution >= 4 is 5.78 Å². The average molecular weight is 192 g/mol. The molecule has 0 radical (unpaired) electrons. The molecule has 0 aromatic rings. The first-order valence-corrected chi connectivity index (χ1v) is 5.72. The van der Waals surface area contributed by atoms with E-state index in [1.54, 1.807) is 0 Å². The molecule has 0 N–H and O–H groups in total. The van der Waals surface area contributed by atoms with Gasteiger partial charge in [-0.25, -0.2) is 0 Å². The summed E-state index contributed by atoms with van der Waals surface area (Å²) in [4.78, 5) is 12.0. The quantitative estimate of drug-likeness (QED) is 0.537. The Morgan fingerprint density at radius 3 is 2.71 bits per heavy atom. The molecular formula is C13H20O. The Morgan fingerprint density at radius 1 is 1.29 bits per heavy atom. The highest BCUT2D eigenvalue weighted by molar-refractivity contribution is 5.86. The fourth-order valence-electron chi connectivity index (χ4n) is 3.16. The molecule has 2 rings (SSSR count). The predicted molar refractivity (Wildman–Crippen MR) is 58.1 cm³/mol. The van der Waals surface area contributed by atoms with E-state index in [9.17, 15) is 4.79 Å². The van der Waals surface area contributed by atoms with Crippen LogP contribution in [0.1, 0.15) is 52.9 Å². The van der Waals surface area contributed by atoms with Crippen LogP contribution in [0.3, 0.4) is 0 Å². The number of rotatable bonds is 0. The van der Waals surface area contributed by atoms with E-state index in [0.717, 1.165) is 25.7 Å². The van der Waals surface area contributed by atoms with E-state index in [-0.39, 0.29) is 5.41 Å². The summed E-state index contributed by atoms with van der Waals surface area (Å²) in [6.45, 7) is 6.61. The van der Waals surface area contributed by atoms with Crippen LogP contribution < -0.4 is 0 Å². The van der Waals surface area contributed by atoms with Gasteiger partial charge in [0.15, 0.2) is 0 Å². The number of allylic oxidation sites excluding steroid dienone is 2. The number of hydrogen-bond acceptors (Lipinski definition) is 1. The van der Waals surface area contributed by atoms with Crippen LogP contribution in [0.25, 0.3) is 0 Å². The van der Waals surface area contributed by atoms with Gasteiger partial charge in [-0.15, -0.1) is 0 Å². The lowest BCUT2D eigenvalue weighted by atomic mass is 9.59. The van der Waals surface area contributed by atoms with Crippen molar-refractivity contribution in [3.05, 3.63) is 11.1 Å². The maximum Gasteiger partial charge on any atom is 0.139 e. The van der Waals surface area contributed by atoms with Crippen LogP contribution in [0.5, 0.6) is 0 Å². The molecule has 1 nitrogen and oxygen atoms in total. The van der Waals surface area contributed by atoms with Crippen molar-refractivity contribution in [3.63, 3.8) is 0 Å². The molecule has 2 aliphatic rings. The van der Waals surface area contributed by atoms with E-state index in [0.29, 0.717) is 11.7 Å². The third-order valence-electron chi connectivity index (χ3n) is 4.41. The molecular weight excluding hydrogens is 172 g/mol. The Labute approximate surface area is 86.6 Å². The molecule has 0 aromatic heterocycles. The van der Waals surface area contributed by atoms with E-state index in [4.69, 9.17) is 0 Å². The first-order chi connectivity index (χ1) is 6.54. The minimum Gasteiger partial charge on any atom is -0.299 e. The van der Waals surface area contributed by atoms with E-state index >= 15 is 0 Å². The van der Waals surface area contributed by atoms with Gasteiger partial charge in [0.2, 0.25) is 0 Å². The van der Waals surface area contributed by atoms with Crippen molar-refractivity contribution in [1.82, 2.24) is 0 Å². The third-order valence-corrected chi connectivity index (χ3v) is 4.41. The van der Waals surface area contributed by atoms with Crippen LogP contribution in [0, 0.1) is 11.3 Å². The molecule has 1 saturated carbocycles. The normalized spacial score (nSPS) is 38.5. The van der Waals surface area contributed by atoms with Crippen LogP contribution in [-0.4, -0.2) is 5.78 Å². The summed E-state index contributed by atoms with van der Waals surface area (Å²) in [7, 11) is 0. The van der Waals surface area contributed by atoms with Gasteiger partial charge in [0.1, 0.15) is 5.78 Å². The molecule has 1 fully saturated rings. The molecule has 0 saturated heterocycles. The summed E-state index contributed by atoms with van der Waals surface area (Å²) in [6, 6.07) is 0. The van der Waals surface area contributed by atoms with Gasteiger partial charge >= 0.3 is 0 Å².